The van der Waals surface area contributed by atoms with E-state index in [9.17, 15) is 0 Å². The van der Waals surface area contributed by atoms with Gasteiger partial charge in [0.15, 0.2) is 0 Å². The molecule has 0 heterocycles. The van der Waals surface area contributed by atoms with Gasteiger partial charge < -0.3 is 13.6 Å². The Hall–Kier alpha value is -2.25. The highest BCUT2D eigenvalue weighted by atomic mass is 31.2. The zero-order valence-electron chi connectivity index (χ0n) is 33.5. The van der Waals surface area contributed by atoms with Crippen LogP contribution in [0.2, 0.25) is 0 Å². The smallest absolute Gasteiger partial charge is 0.409 e. The standard InChI is InChI=1S/C43H67O3P/c1-37(2,3)29-20-22-34(31(26-29)39(7,8)9)44-47(45-35-23-21-30(38(4,5)6)27-32(35)40(10,11)12)46-36-24-25-43(19,42(16,17)18)28-33(36)41(13,14)15/h20-24,26-28H,25H2,1-19H3. The average Bonchev–Trinajstić information content (AvgIpc) is 2.86. The quantitative estimate of drug-likeness (QED) is 0.288. The number of hydrogen-bond acceptors (Lipinski definition) is 3. The summed E-state index contributed by atoms with van der Waals surface area (Å²) in [5.41, 5.74) is 5.77. The molecule has 1 atom stereocenters. The van der Waals surface area contributed by atoms with E-state index in [1.165, 1.54) is 16.7 Å². The van der Waals surface area contributed by atoms with Crippen LogP contribution in [0.4, 0.5) is 0 Å². The fourth-order valence-electron chi connectivity index (χ4n) is 5.68. The molecule has 0 fully saturated rings. The Kier molecular flexibility index (Phi) is 10.8. The number of benzene rings is 2. The van der Waals surface area contributed by atoms with E-state index in [1.54, 1.807) is 0 Å². The van der Waals surface area contributed by atoms with E-state index in [0.29, 0.717) is 0 Å². The third-order valence-corrected chi connectivity index (χ3v) is 10.8. The van der Waals surface area contributed by atoms with E-state index in [4.69, 9.17) is 13.6 Å². The first kappa shape index (κ1) is 39.2. The van der Waals surface area contributed by atoms with Crippen molar-refractivity contribution >= 4 is 8.60 Å². The van der Waals surface area contributed by atoms with Gasteiger partial charge in [-0.05, 0) is 79.2 Å². The molecule has 0 bridgehead atoms. The van der Waals surface area contributed by atoms with Crippen LogP contribution in [-0.2, 0) is 26.2 Å². The van der Waals surface area contributed by atoms with Crippen molar-refractivity contribution in [2.45, 2.75) is 160 Å². The molecule has 1 aliphatic rings. The van der Waals surface area contributed by atoms with Gasteiger partial charge in [-0.15, -0.1) is 0 Å². The Balaban J connectivity index is 2.21. The van der Waals surface area contributed by atoms with Crippen LogP contribution in [0.25, 0.3) is 0 Å². The molecule has 0 saturated carbocycles. The van der Waals surface area contributed by atoms with Gasteiger partial charge in [0.2, 0.25) is 0 Å². The minimum Gasteiger partial charge on any atom is -0.409 e. The Morgan fingerprint density at radius 1 is 0.532 bits per heavy atom. The second-order valence-corrected chi connectivity index (χ2v) is 21.2. The molecule has 0 N–H and O–H groups in total. The molecular formula is C43H67O3P. The highest BCUT2D eigenvalue weighted by molar-refractivity contribution is 7.42. The van der Waals surface area contributed by atoms with Gasteiger partial charge >= 0.3 is 8.60 Å². The summed E-state index contributed by atoms with van der Waals surface area (Å²) in [4.78, 5) is 0. The van der Waals surface area contributed by atoms with Crippen LogP contribution in [-0.4, -0.2) is 0 Å². The molecule has 4 heteroatoms. The van der Waals surface area contributed by atoms with E-state index >= 15 is 0 Å². The van der Waals surface area contributed by atoms with Gasteiger partial charge in [0.25, 0.3) is 0 Å². The number of allylic oxidation sites excluding steroid dienone is 3. The van der Waals surface area contributed by atoms with Crippen molar-refractivity contribution in [1.29, 1.82) is 0 Å². The van der Waals surface area contributed by atoms with E-state index in [0.717, 1.165) is 34.8 Å². The third-order valence-electron chi connectivity index (χ3n) is 9.79. The van der Waals surface area contributed by atoms with E-state index in [2.05, 4.69) is 180 Å². The number of rotatable bonds is 6. The highest BCUT2D eigenvalue weighted by Crippen LogP contribution is 2.55. The maximum absolute atomic E-state index is 6.99. The van der Waals surface area contributed by atoms with Gasteiger partial charge in [0.05, 0.1) is 0 Å². The predicted octanol–water partition coefficient (Wildman–Crippen LogP) is 13.9. The van der Waals surface area contributed by atoms with E-state index < -0.39 is 8.60 Å². The fraction of sp³-hybridized carbons (Fsp3) is 0.628. The molecule has 0 amide bonds. The van der Waals surface area contributed by atoms with Gasteiger partial charge in [-0.3, -0.25) is 0 Å². The van der Waals surface area contributed by atoms with Crippen LogP contribution in [0.15, 0.2) is 59.9 Å². The number of hydrogen-bond donors (Lipinski definition) is 0. The van der Waals surface area contributed by atoms with Gasteiger partial charge in [-0.1, -0.05) is 162 Å². The Bertz CT molecular complexity index is 1410. The van der Waals surface area contributed by atoms with Crippen LogP contribution >= 0.6 is 8.60 Å². The third kappa shape index (κ3) is 9.47. The second kappa shape index (κ2) is 12.9. The maximum atomic E-state index is 6.99. The van der Waals surface area contributed by atoms with Crippen LogP contribution in [0.1, 0.15) is 160 Å². The lowest BCUT2D eigenvalue weighted by Crippen LogP contribution is -2.34. The SMILES string of the molecule is CC(C)(C)C1=CC(C)(C(C)(C)C)CC=C1OP(Oc1ccc(C(C)(C)C)cc1C(C)(C)C)Oc1ccc(C(C)(C)C)cc1C(C)(C)C. The zero-order chi connectivity index (χ0) is 36.2. The maximum Gasteiger partial charge on any atom is 0.530 e. The van der Waals surface area contributed by atoms with Crippen LogP contribution < -0.4 is 9.05 Å². The molecule has 1 unspecified atom stereocenters. The molecule has 0 aromatic heterocycles. The highest BCUT2D eigenvalue weighted by Gasteiger charge is 2.41. The zero-order valence-corrected chi connectivity index (χ0v) is 34.4. The first-order valence-corrected chi connectivity index (χ1v) is 18.6. The largest absolute Gasteiger partial charge is 0.530 e. The molecule has 2 aromatic rings. The molecule has 2 aromatic carbocycles. The van der Waals surface area contributed by atoms with Crippen LogP contribution in [0.3, 0.4) is 0 Å². The lowest BCUT2D eigenvalue weighted by molar-refractivity contribution is 0.161. The summed E-state index contributed by atoms with van der Waals surface area (Å²) in [6.45, 7) is 43.1. The van der Waals surface area contributed by atoms with Crippen molar-refractivity contribution in [1.82, 2.24) is 0 Å². The minimum absolute atomic E-state index is 0.00265. The van der Waals surface area contributed by atoms with Gasteiger partial charge in [0, 0.05) is 11.1 Å². The van der Waals surface area contributed by atoms with E-state index in [1.807, 2.05) is 0 Å². The van der Waals surface area contributed by atoms with Gasteiger partial charge in [0.1, 0.15) is 17.3 Å². The van der Waals surface area contributed by atoms with Crippen molar-refractivity contribution in [2.24, 2.45) is 16.2 Å². The first-order valence-electron chi connectivity index (χ1n) is 17.5. The lowest BCUT2D eigenvalue weighted by atomic mass is 9.62. The van der Waals surface area contributed by atoms with Crippen LogP contribution in [0, 0.1) is 16.2 Å². The summed E-state index contributed by atoms with van der Waals surface area (Å²) in [5, 5.41) is 0. The average molecular weight is 663 g/mol. The first-order chi connectivity index (χ1) is 20.9. The van der Waals surface area contributed by atoms with Crippen molar-refractivity contribution in [3.63, 3.8) is 0 Å². The fourth-order valence-corrected chi connectivity index (χ4v) is 6.76. The lowest BCUT2D eigenvalue weighted by Gasteiger charge is -2.44. The van der Waals surface area contributed by atoms with Crippen molar-refractivity contribution in [3.8, 4) is 11.5 Å². The van der Waals surface area contributed by atoms with Crippen molar-refractivity contribution in [2.75, 3.05) is 0 Å². The normalized spacial score (nSPS) is 18.6. The van der Waals surface area contributed by atoms with Crippen LogP contribution in [0.5, 0.6) is 11.5 Å². The molecule has 1 aliphatic carbocycles. The predicted molar refractivity (Wildman–Crippen MR) is 205 cm³/mol. The molecule has 0 saturated heterocycles. The summed E-state index contributed by atoms with van der Waals surface area (Å²) in [6, 6.07) is 13.2. The topological polar surface area (TPSA) is 27.7 Å². The van der Waals surface area contributed by atoms with Gasteiger partial charge in [-0.25, -0.2) is 0 Å². The summed E-state index contributed by atoms with van der Waals surface area (Å²) in [7, 11) is -1.88. The Morgan fingerprint density at radius 3 is 1.26 bits per heavy atom. The Labute approximate surface area is 291 Å². The van der Waals surface area contributed by atoms with Crippen molar-refractivity contribution < 1.29 is 13.6 Å². The summed E-state index contributed by atoms with van der Waals surface area (Å²) in [6.07, 6.45) is 5.61. The molecule has 262 valence electrons. The molecule has 0 spiro atoms. The van der Waals surface area contributed by atoms with Crippen molar-refractivity contribution in [3.05, 3.63) is 82.1 Å². The molecule has 47 heavy (non-hydrogen) atoms. The van der Waals surface area contributed by atoms with Gasteiger partial charge in [-0.2, -0.15) is 0 Å². The summed E-state index contributed by atoms with van der Waals surface area (Å²) < 4.78 is 20.9. The minimum atomic E-state index is -1.88. The molecular weight excluding hydrogens is 595 g/mol. The monoisotopic (exact) mass is 662 g/mol. The molecule has 0 radical (unpaired) electrons. The molecule has 0 aliphatic heterocycles. The molecule has 3 nitrogen and oxygen atoms in total. The summed E-state index contributed by atoms with van der Waals surface area (Å²) >= 11 is 0. The second-order valence-electron chi connectivity index (χ2n) is 20.2. The van der Waals surface area contributed by atoms with E-state index in [-0.39, 0.29) is 37.9 Å². The summed E-state index contributed by atoms with van der Waals surface area (Å²) in [5.74, 6) is 2.47. The Morgan fingerprint density at radius 2 is 0.936 bits per heavy atom. The molecule has 3 rings (SSSR count).